The molecule has 0 saturated carbocycles. The normalized spacial score (nSPS) is 17.0. The lowest BCUT2D eigenvalue weighted by Crippen LogP contribution is -2.35. The van der Waals surface area contributed by atoms with Gasteiger partial charge in [0.05, 0.1) is 6.20 Å². The first-order chi connectivity index (χ1) is 7.77. The molecule has 1 fully saturated rings. The number of hydrogen-bond donors (Lipinski definition) is 2. The minimum Gasteiger partial charge on any atom is -0.478 e. The number of anilines is 1. The molecule has 6 heteroatoms. The standard InChI is InChI=1S/C10H14N4O2/c15-10(16)8-4-5-11-12-9(8)13-14-6-2-1-3-7-14/h4-5H,1-3,6-7H2,(H,12,13)(H,15,16). The SMILES string of the molecule is O=C(O)c1ccnnc1NN1CCCCC1. The predicted octanol–water partition coefficient (Wildman–Crippen LogP) is 0.988. The number of piperidine rings is 1. The van der Waals surface area contributed by atoms with E-state index in [1.807, 2.05) is 5.01 Å². The Kier molecular flexibility index (Phi) is 3.31. The molecule has 16 heavy (non-hydrogen) atoms. The maximum Gasteiger partial charge on any atom is 0.339 e. The fourth-order valence-electron chi connectivity index (χ4n) is 1.74. The molecule has 86 valence electrons. The lowest BCUT2D eigenvalue weighted by molar-refractivity contribution is 0.0696. The molecule has 1 saturated heterocycles. The van der Waals surface area contributed by atoms with Crippen molar-refractivity contribution in [3.05, 3.63) is 17.8 Å². The van der Waals surface area contributed by atoms with Gasteiger partial charge in [0.2, 0.25) is 0 Å². The lowest BCUT2D eigenvalue weighted by Gasteiger charge is -2.27. The average molecular weight is 222 g/mol. The van der Waals surface area contributed by atoms with Crippen molar-refractivity contribution in [1.29, 1.82) is 0 Å². The monoisotopic (exact) mass is 222 g/mol. The van der Waals surface area contributed by atoms with Gasteiger partial charge in [-0.3, -0.25) is 0 Å². The van der Waals surface area contributed by atoms with Crippen LogP contribution in [0, 0.1) is 0 Å². The molecule has 0 unspecified atom stereocenters. The number of nitrogens with one attached hydrogen (secondary N) is 1. The van der Waals surface area contributed by atoms with E-state index >= 15 is 0 Å². The molecule has 0 radical (unpaired) electrons. The van der Waals surface area contributed by atoms with Crippen LogP contribution in [-0.4, -0.2) is 39.4 Å². The van der Waals surface area contributed by atoms with Crippen molar-refractivity contribution in [2.45, 2.75) is 19.3 Å². The fraction of sp³-hybridized carbons (Fsp3) is 0.500. The Balaban J connectivity index is 2.10. The summed E-state index contributed by atoms with van der Waals surface area (Å²) in [7, 11) is 0. The molecule has 1 aliphatic rings. The van der Waals surface area contributed by atoms with Gasteiger partial charge in [-0.1, -0.05) is 6.42 Å². The van der Waals surface area contributed by atoms with Crippen LogP contribution in [0.3, 0.4) is 0 Å². The van der Waals surface area contributed by atoms with Crippen LogP contribution in [0.15, 0.2) is 12.3 Å². The summed E-state index contributed by atoms with van der Waals surface area (Å²) in [5.41, 5.74) is 3.16. The van der Waals surface area contributed by atoms with Gasteiger partial charge in [-0.15, -0.1) is 5.10 Å². The first-order valence-electron chi connectivity index (χ1n) is 5.34. The van der Waals surface area contributed by atoms with E-state index in [9.17, 15) is 4.79 Å². The molecule has 0 atom stereocenters. The Morgan fingerprint density at radius 2 is 2.12 bits per heavy atom. The molecule has 0 spiro atoms. The van der Waals surface area contributed by atoms with Crippen LogP contribution in [-0.2, 0) is 0 Å². The topological polar surface area (TPSA) is 78.3 Å². The zero-order valence-electron chi connectivity index (χ0n) is 8.89. The molecular formula is C10H14N4O2. The van der Waals surface area contributed by atoms with Crippen molar-refractivity contribution in [3.8, 4) is 0 Å². The Morgan fingerprint density at radius 3 is 2.81 bits per heavy atom. The number of nitrogens with zero attached hydrogens (tertiary/aromatic N) is 3. The maximum absolute atomic E-state index is 10.9. The zero-order valence-corrected chi connectivity index (χ0v) is 8.89. The van der Waals surface area contributed by atoms with Gasteiger partial charge in [0.1, 0.15) is 5.56 Å². The second-order valence-electron chi connectivity index (χ2n) is 3.76. The Hall–Kier alpha value is -1.69. The zero-order chi connectivity index (χ0) is 11.4. The number of hydrogen-bond acceptors (Lipinski definition) is 5. The Morgan fingerprint density at radius 1 is 1.38 bits per heavy atom. The van der Waals surface area contributed by atoms with Crippen LogP contribution in [0.25, 0.3) is 0 Å². The summed E-state index contributed by atoms with van der Waals surface area (Å²) in [6.07, 6.45) is 4.85. The number of rotatable bonds is 3. The van der Waals surface area contributed by atoms with E-state index in [0.29, 0.717) is 5.82 Å². The molecular weight excluding hydrogens is 208 g/mol. The summed E-state index contributed by atoms with van der Waals surface area (Å²) >= 11 is 0. The van der Waals surface area contributed by atoms with Crippen LogP contribution in [0.4, 0.5) is 5.82 Å². The van der Waals surface area contributed by atoms with Gasteiger partial charge < -0.3 is 10.5 Å². The van der Waals surface area contributed by atoms with E-state index < -0.39 is 5.97 Å². The van der Waals surface area contributed by atoms with Gasteiger partial charge in [0, 0.05) is 13.1 Å². The summed E-state index contributed by atoms with van der Waals surface area (Å²) in [6, 6.07) is 1.45. The summed E-state index contributed by atoms with van der Waals surface area (Å²) < 4.78 is 0. The van der Waals surface area contributed by atoms with Crippen molar-refractivity contribution in [3.63, 3.8) is 0 Å². The third-order valence-corrected chi connectivity index (χ3v) is 2.57. The van der Waals surface area contributed by atoms with Gasteiger partial charge >= 0.3 is 5.97 Å². The minimum absolute atomic E-state index is 0.153. The van der Waals surface area contributed by atoms with Crippen LogP contribution < -0.4 is 5.43 Å². The summed E-state index contributed by atoms with van der Waals surface area (Å²) in [5.74, 6) is -0.675. The smallest absolute Gasteiger partial charge is 0.339 e. The van der Waals surface area contributed by atoms with Crippen LogP contribution >= 0.6 is 0 Å². The molecule has 1 aliphatic heterocycles. The first-order valence-corrected chi connectivity index (χ1v) is 5.34. The average Bonchev–Trinajstić information content (AvgIpc) is 2.31. The largest absolute Gasteiger partial charge is 0.478 e. The van der Waals surface area contributed by atoms with E-state index in [1.165, 1.54) is 18.7 Å². The Labute approximate surface area is 93.3 Å². The molecule has 1 aromatic rings. The van der Waals surface area contributed by atoms with E-state index in [1.54, 1.807) is 0 Å². The highest BCUT2D eigenvalue weighted by Crippen LogP contribution is 2.14. The number of aromatic carboxylic acids is 1. The number of carboxylic acids is 1. The Bertz CT molecular complexity index is 377. The molecule has 1 aromatic heterocycles. The van der Waals surface area contributed by atoms with E-state index in [4.69, 9.17) is 5.11 Å². The molecule has 0 aliphatic carbocycles. The highest BCUT2D eigenvalue weighted by Gasteiger charge is 2.15. The van der Waals surface area contributed by atoms with Crippen molar-refractivity contribution < 1.29 is 9.90 Å². The van der Waals surface area contributed by atoms with E-state index in [-0.39, 0.29) is 5.56 Å². The first kappa shape index (κ1) is 10.8. The molecule has 0 bridgehead atoms. The predicted molar refractivity (Wildman–Crippen MR) is 58.0 cm³/mol. The van der Waals surface area contributed by atoms with Crippen molar-refractivity contribution in [2.75, 3.05) is 18.5 Å². The fourth-order valence-corrected chi connectivity index (χ4v) is 1.74. The van der Waals surface area contributed by atoms with Gasteiger partial charge in [-0.25, -0.2) is 9.80 Å². The van der Waals surface area contributed by atoms with Gasteiger partial charge in [0.25, 0.3) is 0 Å². The third kappa shape index (κ3) is 2.46. The number of aromatic nitrogens is 2. The van der Waals surface area contributed by atoms with Crippen LogP contribution in [0.1, 0.15) is 29.6 Å². The number of carbonyl (C=O) groups is 1. The van der Waals surface area contributed by atoms with Crippen molar-refractivity contribution in [2.24, 2.45) is 0 Å². The number of carboxylic acid groups (broad SMARTS) is 1. The van der Waals surface area contributed by atoms with Crippen LogP contribution in [0.2, 0.25) is 0 Å². The molecule has 2 N–H and O–H groups in total. The second kappa shape index (κ2) is 4.89. The maximum atomic E-state index is 10.9. The molecule has 2 heterocycles. The molecule has 2 rings (SSSR count). The van der Waals surface area contributed by atoms with Crippen molar-refractivity contribution >= 4 is 11.8 Å². The highest BCUT2D eigenvalue weighted by atomic mass is 16.4. The highest BCUT2D eigenvalue weighted by molar-refractivity contribution is 5.92. The number of hydrazine groups is 1. The lowest BCUT2D eigenvalue weighted by atomic mass is 10.2. The van der Waals surface area contributed by atoms with Crippen LogP contribution in [0.5, 0.6) is 0 Å². The van der Waals surface area contributed by atoms with Crippen molar-refractivity contribution in [1.82, 2.24) is 15.2 Å². The summed E-state index contributed by atoms with van der Waals surface area (Å²) in [5, 5.41) is 18.5. The van der Waals surface area contributed by atoms with E-state index in [0.717, 1.165) is 25.9 Å². The molecule has 0 amide bonds. The molecule has 6 nitrogen and oxygen atoms in total. The molecule has 0 aromatic carbocycles. The third-order valence-electron chi connectivity index (χ3n) is 2.57. The van der Waals surface area contributed by atoms with E-state index in [2.05, 4.69) is 15.6 Å². The van der Waals surface area contributed by atoms with Gasteiger partial charge in [0.15, 0.2) is 5.82 Å². The minimum atomic E-state index is -0.991. The van der Waals surface area contributed by atoms with Gasteiger partial charge in [-0.05, 0) is 18.9 Å². The quantitative estimate of drug-likeness (QED) is 0.794. The summed E-state index contributed by atoms with van der Waals surface area (Å²) in [4.78, 5) is 10.9. The summed E-state index contributed by atoms with van der Waals surface area (Å²) in [6.45, 7) is 1.82. The van der Waals surface area contributed by atoms with Gasteiger partial charge in [-0.2, -0.15) is 5.10 Å². The second-order valence-corrected chi connectivity index (χ2v) is 3.76.